The van der Waals surface area contributed by atoms with E-state index in [1.807, 2.05) is 25.1 Å². The zero-order chi connectivity index (χ0) is 20.0. The van der Waals surface area contributed by atoms with Crippen molar-refractivity contribution in [3.05, 3.63) is 52.5 Å². The van der Waals surface area contributed by atoms with Gasteiger partial charge in [0.2, 0.25) is 5.91 Å². The number of methoxy groups -OCH3 is 1. The largest absolute Gasteiger partial charge is 0.497 e. The number of sulfone groups is 1. The Bertz CT molecular complexity index is 916. The van der Waals surface area contributed by atoms with E-state index in [0.717, 1.165) is 15.7 Å². The van der Waals surface area contributed by atoms with Gasteiger partial charge in [-0.05, 0) is 55.9 Å². The summed E-state index contributed by atoms with van der Waals surface area (Å²) in [6.07, 6.45) is 0. The van der Waals surface area contributed by atoms with E-state index in [-0.39, 0.29) is 29.6 Å². The van der Waals surface area contributed by atoms with Gasteiger partial charge in [0.05, 0.1) is 24.3 Å². The lowest BCUT2D eigenvalue weighted by molar-refractivity contribution is -0.117. The second kappa shape index (κ2) is 9.34. The number of nitrogens with zero attached hydrogens (tertiary/aromatic N) is 1. The molecule has 1 N–H and O–H groups in total. The second-order valence-electron chi connectivity index (χ2n) is 6.24. The number of likely N-dealkylation sites (N-methyl/N-ethyl adjacent to an activating group) is 1. The Morgan fingerprint density at radius 2 is 1.96 bits per heavy atom. The summed E-state index contributed by atoms with van der Waals surface area (Å²) >= 11 is 3.38. The smallest absolute Gasteiger partial charge is 0.238 e. The maximum absolute atomic E-state index is 12.5. The minimum absolute atomic E-state index is 0.0821. The zero-order valence-electron chi connectivity index (χ0n) is 15.5. The van der Waals surface area contributed by atoms with Gasteiger partial charge >= 0.3 is 0 Å². The minimum Gasteiger partial charge on any atom is -0.497 e. The van der Waals surface area contributed by atoms with E-state index in [2.05, 4.69) is 21.2 Å². The minimum atomic E-state index is -3.45. The van der Waals surface area contributed by atoms with Crippen LogP contribution in [0.15, 0.2) is 51.8 Å². The van der Waals surface area contributed by atoms with Crippen LogP contribution in [0.1, 0.15) is 5.56 Å². The molecule has 146 valence electrons. The van der Waals surface area contributed by atoms with Crippen molar-refractivity contribution in [2.45, 2.75) is 11.8 Å². The van der Waals surface area contributed by atoms with Gasteiger partial charge in [-0.15, -0.1) is 0 Å². The first kappa shape index (κ1) is 21.4. The maximum Gasteiger partial charge on any atom is 0.238 e. The van der Waals surface area contributed by atoms with Gasteiger partial charge < -0.3 is 10.1 Å². The molecule has 2 aromatic carbocycles. The molecule has 27 heavy (non-hydrogen) atoms. The molecule has 0 bridgehead atoms. The van der Waals surface area contributed by atoms with Crippen LogP contribution in [0.2, 0.25) is 0 Å². The normalized spacial score (nSPS) is 11.4. The highest BCUT2D eigenvalue weighted by molar-refractivity contribution is 9.10. The molecule has 0 spiro atoms. The number of anilines is 1. The molecule has 0 saturated carbocycles. The molecular weight excluding hydrogens is 432 g/mol. The standard InChI is InChI=1S/C19H23BrN2O4S/c1-14-11-15(20)7-8-18(14)21-19(23)13-22(2)9-10-27(24,25)17-6-4-5-16(12-17)26-3/h4-8,11-12H,9-10,13H2,1-3H3,(H,21,23). The van der Waals surface area contributed by atoms with Crippen molar-refractivity contribution in [1.82, 2.24) is 4.90 Å². The van der Waals surface area contributed by atoms with Crippen molar-refractivity contribution < 1.29 is 17.9 Å². The number of ether oxygens (including phenoxy) is 1. The lowest BCUT2D eigenvalue weighted by atomic mass is 10.2. The number of benzene rings is 2. The molecule has 0 fully saturated rings. The molecule has 2 aromatic rings. The molecule has 0 radical (unpaired) electrons. The highest BCUT2D eigenvalue weighted by Crippen LogP contribution is 2.20. The molecule has 8 heteroatoms. The molecular formula is C19H23BrN2O4S. The van der Waals surface area contributed by atoms with Crippen molar-refractivity contribution in [3.63, 3.8) is 0 Å². The number of carbonyl (C=O) groups excluding carboxylic acids is 1. The Hall–Kier alpha value is -1.90. The van der Waals surface area contributed by atoms with Gasteiger partial charge in [0, 0.05) is 16.7 Å². The van der Waals surface area contributed by atoms with Gasteiger partial charge in [0.15, 0.2) is 9.84 Å². The summed E-state index contributed by atoms with van der Waals surface area (Å²) in [5.41, 5.74) is 1.68. The summed E-state index contributed by atoms with van der Waals surface area (Å²) in [5, 5.41) is 2.84. The van der Waals surface area contributed by atoms with E-state index >= 15 is 0 Å². The van der Waals surface area contributed by atoms with Gasteiger partial charge in [0.25, 0.3) is 0 Å². The van der Waals surface area contributed by atoms with E-state index in [0.29, 0.717) is 5.75 Å². The van der Waals surface area contributed by atoms with Crippen LogP contribution >= 0.6 is 15.9 Å². The van der Waals surface area contributed by atoms with Crippen LogP contribution in [-0.4, -0.2) is 52.2 Å². The molecule has 0 aliphatic heterocycles. The monoisotopic (exact) mass is 454 g/mol. The number of halogens is 1. The Kier molecular flexibility index (Phi) is 7.41. The number of rotatable bonds is 8. The zero-order valence-corrected chi connectivity index (χ0v) is 17.9. The quantitative estimate of drug-likeness (QED) is 0.662. The molecule has 0 aliphatic rings. The fraction of sp³-hybridized carbons (Fsp3) is 0.316. The predicted octanol–water partition coefficient (Wildman–Crippen LogP) is 3.11. The van der Waals surface area contributed by atoms with Crippen LogP contribution in [-0.2, 0) is 14.6 Å². The fourth-order valence-corrected chi connectivity index (χ4v) is 4.31. The van der Waals surface area contributed by atoms with E-state index < -0.39 is 9.84 Å². The summed E-state index contributed by atoms with van der Waals surface area (Å²) in [5.74, 6) is 0.219. The molecule has 6 nitrogen and oxygen atoms in total. The first-order chi connectivity index (χ1) is 12.7. The van der Waals surface area contributed by atoms with Crippen LogP contribution in [0.5, 0.6) is 5.75 Å². The third kappa shape index (κ3) is 6.34. The van der Waals surface area contributed by atoms with Crippen molar-refractivity contribution in [3.8, 4) is 5.75 Å². The van der Waals surface area contributed by atoms with Crippen LogP contribution < -0.4 is 10.1 Å². The van der Waals surface area contributed by atoms with E-state index in [9.17, 15) is 13.2 Å². The first-order valence-electron chi connectivity index (χ1n) is 8.32. The third-order valence-corrected chi connectivity index (χ3v) is 6.20. The number of aryl methyl sites for hydroxylation is 1. The van der Waals surface area contributed by atoms with Crippen LogP contribution in [0.4, 0.5) is 5.69 Å². The number of amides is 1. The number of hydrogen-bond acceptors (Lipinski definition) is 5. The Morgan fingerprint density at radius 3 is 2.63 bits per heavy atom. The van der Waals surface area contributed by atoms with Gasteiger partial charge in [0.1, 0.15) is 5.75 Å². The number of hydrogen-bond donors (Lipinski definition) is 1. The molecule has 0 saturated heterocycles. The summed E-state index contributed by atoms with van der Waals surface area (Å²) in [4.78, 5) is 14.1. The fourth-order valence-electron chi connectivity index (χ4n) is 2.47. The van der Waals surface area contributed by atoms with Crippen molar-refractivity contribution in [1.29, 1.82) is 0 Å². The average Bonchev–Trinajstić information content (AvgIpc) is 2.62. The SMILES string of the molecule is COc1cccc(S(=O)(=O)CCN(C)CC(=O)Nc2ccc(Br)cc2C)c1. The molecule has 2 rings (SSSR count). The lowest BCUT2D eigenvalue weighted by Gasteiger charge is -2.17. The molecule has 0 aliphatic carbocycles. The molecule has 0 heterocycles. The first-order valence-corrected chi connectivity index (χ1v) is 10.8. The highest BCUT2D eigenvalue weighted by atomic mass is 79.9. The Morgan fingerprint density at radius 1 is 1.22 bits per heavy atom. The van der Waals surface area contributed by atoms with Gasteiger partial charge in [-0.1, -0.05) is 22.0 Å². The summed E-state index contributed by atoms with van der Waals surface area (Å²) in [6, 6.07) is 12.0. The third-order valence-electron chi connectivity index (χ3n) is 4.02. The maximum atomic E-state index is 12.5. The van der Waals surface area contributed by atoms with Crippen LogP contribution in [0, 0.1) is 6.92 Å². The van der Waals surface area contributed by atoms with E-state index in [1.165, 1.54) is 13.2 Å². The van der Waals surface area contributed by atoms with Crippen molar-refractivity contribution in [2.24, 2.45) is 0 Å². The highest BCUT2D eigenvalue weighted by Gasteiger charge is 2.17. The lowest BCUT2D eigenvalue weighted by Crippen LogP contribution is -2.33. The van der Waals surface area contributed by atoms with Crippen molar-refractivity contribution >= 4 is 37.4 Å². The van der Waals surface area contributed by atoms with Gasteiger partial charge in [-0.25, -0.2) is 8.42 Å². The number of carbonyl (C=O) groups is 1. The number of nitrogens with one attached hydrogen (secondary N) is 1. The van der Waals surface area contributed by atoms with Crippen LogP contribution in [0.25, 0.3) is 0 Å². The molecule has 0 aromatic heterocycles. The second-order valence-corrected chi connectivity index (χ2v) is 9.27. The van der Waals surface area contributed by atoms with E-state index in [1.54, 1.807) is 30.1 Å². The molecule has 0 atom stereocenters. The molecule has 1 amide bonds. The Balaban J connectivity index is 1.91. The topological polar surface area (TPSA) is 75.7 Å². The van der Waals surface area contributed by atoms with Gasteiger partial charge in [-0.3, -0.25) is 9.69 Å². The summed E-state index contributed by atoms with van der Waals surface area (Å²) in [6.45, 7) is 2.25. The average molecular weight is 455 g/mol. The van der Waals surface area contributed by atoms with Crippen LogP contribution in [0.3, 0.4) is 0 Å². The predicted molar refractivity (Wildman–Crippen MR) is 110 cm³/mol. The summed E-state index contributed by atoms with van der Waals surface area (Å²) < 4.78 is 31.0. The van der Waals surface area contributed by atoms with Crippen molar-refractivity contribution in [2.75, 3.05) is 38.3 Å². The molecule has 0 unspecified atom stereocenters. The van der Waals surface area contributed by atoms with Gasteiger partial charge in [-0.2, -0.15) is 0 Å². The Labute approximate surface area is 168 Å². The summed E-state index contributed by atoms with van der Waals surface area (Å²) in [7, 11) is -0.244. The van der Waals surface area contributed by atoms with E-state index in [4.69, 9.17) is 4.74 Å².